The molecule has 0 aromatic rings. The van der Waals surface area contributed by atoms with E-state index in [1.807, 2.05) is 0 Å². The lowest BCUT2D eigenvalue weighted by molar-refractivity contribution is -0.139. The molecule has 1 aliphatic carbocycles. The summed E-state index contributed by atoms with van der Waals surface area (Å²) in [5.74, 6) is -1.07. The number of carbonyl (C=O) groups is 2. The summed E-state index contributed by atoms with van der Waals surface area (Å²) in [6.45, 7) is 1.06. The average Bonchev–Trinajstić information content (AvgIpc) is 2.96. The van der Waals surface area contributed by atoms with Crippen LogP contribution in [0.4, 0.5) is 0 Å². The van der Waals surface area contributed by atoms with Gasteiger partial charge in [-0.1, -0.05) is 0 Å². The Labute approximate surface area is 83.2 Å². The van der Waals surface area contributed by atoms with Gasteiger partial charge in [-0.2, -0.15) is 0 Å². The summed E-state index contributed by atoms with van der Waals surface area (Å²) in [6.07, 6.45) is 2.70. The number of hydrogen-bond donors (Lipinski definition) is 2. The summed E-state index contributed by atoms with van der Waals surface area (Å²) in [5, 5.41) is 5.13. The zero-order valence-corrected chi connectivity index (χ0v) is 8.34. The Morgan fingerprint density at radius 3 is 2.64 bits per heavy atom. The van der Waals surface area contributed by atoms with Crippen LogP contribution < -0.4 is 10.6 Å². The highest BCUT2D eigenvalue weighted by atomic mass is 16.5. The second kappa shape index (κ2) is 5.59. The first-order chi connectivity index (χ1) is 6.74. The number of amides is 2. The second-order valence-corrected chi connectivity index (χ2v) is 3.35. The van der Waals surface area contributed by atoms with E-state index in [4.69, 9.17) is 4.74 Å². The largest absolute Gasteiger partial charge is 0.385 e. The molecule has 0 aromatic carbocycles. The highest BCUT2D eigenvalue weighted by molar-refractivity contribution is 6.35. The summed E-state index contributed by atoms with van der Waals surface area (Å²) in [4.78, 5) is 22.2. The van der Waals surface area contributed by atoms with Crippen LogP contribution in [0.5, 0.6) is 0 Å². The third-order valence-corrected chi connectivity index (χ3v) is 1.93. The predicted molar refractivity (Wildman–Crippen MR) is 50.7 cm³/mol. The Kier molecular flexibility index (Phi) is 4.39. The molecule has 80 valence electrons. The fourth-order valence-electron chi connectivity index (χ4n) is 0.977. The fraction of sp³-hybridized carbons (Fsp3) is 0.778. The van der Waals surface area contributed by atoms with E-state index in [1.165, 1.54) is 0 Å². The van der Waals surface area contributed by atoms with Crippen LogP contribution in [0.15, 0.2) is 0 Å². The first kappa shape index (κ1) is 11.0. The molecule has 0 atom stereocenters. The molecule has 1 saturated carbocycles. The van der Waals surface area contributed by atoms with Crippen molar-refractivity contribution in [1.29, 1.82) is 0 Å². The monoisotopic (exact) mass is 200 g/mol. The quantitative estimate of drug-likeness (QED) is 0.461. The molecule has 0 aliphatic heterocycles. The van der Waals surface area contributed by atoms with Crippen LogP contribution in [0.3, 0.4) is 0 Å². The highest BCUT2D eigenvalue weighted by Gasteiger charge is 2.25. The Morgan fingerprint density at radius 2 is 2.07 bits per heavy atom. The van der Waals surface area contributed by atoms with Gasteiger partial charge in [0.25, 0.3) is 0 Å². The lowest BCUT2D eigenvalue weighted by Gasteiger charge is -2.04. The van der Waals surface area contributed by atoms with Gasteiger partial charge in [0, 0.05) is 26.3 Å². The molecule has 1 aliphatic rings. The van der Waals surface area contributed by atoms with Gasteiger partial charge in [-0.3, -0.25) is 9.59 Å². The van der Waals surface area contributed by atoms with E-state index in [0.29, 0.717) is 13.2 Å². The Bertz CT molecular complexity index is 214. The minimum Gasteiger partial charge on any atom is -0.385 e. The van der Waals surface area contributed by atoms with Crippen molar-refractivity contribution in [3.63, 3.8) is 0 Å². The van der Waals surface area contributed by atoms with Crippen LogP contribution >= 0.6 is 0 Å². The molecule has 0 bridgehead atoms. The van der Waals surface area contributed by atoms with Gasteiger partial charge < -0.3 is 15.4 Å². The summed E-state index contributed by atoms with van der Waals surface area (Å²) in [6, 6.07) is 0.229. The van der Waals surface area contributed by atoms with Crippen molar-refractivity contribution in [3.05, 3.63) is 0 Å². The van der Waals surface area contributed by atoms with Crippen molar-refractivity contribution in [2.75, 3.05) is 20.3 Å². The molecule has 2 amide bonds. The van der Waals surface area contributed by atoms with Gasteiger partial charge >= 0.3 is 11.8 Å². The summed E-state index contributed by atoms with van der Waals surface area (Å²) in [5.41, 5.74) is 0. The highest BCUT2D eigenvalue weighted by Crippen LogP contribution is 2.18. The number of hydrogen-bond acceptors (Lipinski definition) is 3. The fourth-order valence-corrected chi connectivity index (χ4v) is 0.977. The predicted octanol–water partition coefficient (Wildman–Crippen LogP) is -0.582. The first-order valence-corrected chi connectivity index (χ1v) is 4.81. The minimum atomic E-state index is -0.548. The van der Waals surface area contributed by atoms with Gasteiger partial charge in [-0.15, -0.1) is 0 Å². The van der Waals surface area contributed by atoms with Crippen LogP contribution in [-0.2, 0) is 14.3 Å². The smallest absolute Gasteiger partial charge is 0.309 e. The summed E-state index contributed by atoms with van der Waals surface area (Å²) < 4.78 is 4.81. The number of methoxy groups -OCH3 is 1. The molecule has 0 unspecified atom stereocenters. The van der Waals surface area contributed by atoms with Crippen LogP contribution in [0.25, 0.3) is 0 Å². The topological polar surface area (TPSA) is 67.4 Å². The SMILES string of the molecule is COCCCNC(=O)C(=O)NC1CC1. The van der Waals surface area contributed by atoms with E-state index in [2.05, 4.69) is 10.6 Å². The van der Waals surface area contributed by atoms with Gasteiger partial charge in [0.1, 0.15) is 0 Å². The normalized spacial score (nSPS) is 14.9. The van der Waals surface area contributed by atoms with Crippen molar-refractivity contribution in [1.82, 2.24) is 10.6 Å². The number of nitrogens with one attached hydrogen (secondary N) is 2. The van der Waals surface area contributed by atoms with Gasteiger partial charge in [0.15, 0.2) is 0 Å². The average molecular weight is 200 g/mol. The van der Waals surface area contributed by atoms with Crippen LogP contribution in [0.1, 0.15) is 19.3 Å². The van der Waals surface area contributed by atoms with Crippen molar-refractivity contribution < 1.29 is 14.3 Å². The van der Waals surface area contributed by atoms with Crippen LogP contribution in [0, 0.1) is 0 Å². The maximum Gasteiger partial charge on any atom is 0.309 e. The molecule has 1 fully saturated rings. The molecule has 1 rings (SSSR count). The van der Waals surface area contributed by atoms with Crippen molar-refractivity contribution in [2.24, 2.45) is 0 Å². The third-order valence-electron chi connectivity index (χ3n) is 1.93. The van der Waals surface area contributed by atoms with Crippen LogP contribution in [-0.4, -0.2) is 38.1 Å². The summed E-state index contributed by atoms with van der Waals surface area (Å²) >= 11 is 0. The maximum absolute atomic E-state index is 11.1. The first-order valence-electron chi connectivity index (χ1n) is 4.81. The molecular formula is C9H16N2O3. The van der Waals surface area contributed by atoms with E-state index < -0.39 is 11.8 Å². The molecule has 5 heteroatoms. The second-order valence-electron chi connectivity index (χ2n) is 3.35. The number of rotatable bonds is 5. The lowest BCUT2D eigenvalue weighted by atomic mass is 10.4. The van der Waals surface area contributed by atoms with E-state index in [9.17, 15) is 9.59 Å². The van der Waals surface area contributed by atoms with Gasteiger partial charge in [0.05, 0.1) is 0 Å². The Morgan fingerprint density at radius 1 is 1.36 bits per heavy atom. The molecule has 0 heterocycles. The molecule has 2 N–H and O–H groups in total. The van der Waals surface area contributed by atoms with Crippen LogP contribution in [0.2, 0.25) is 0 Å². The molecule has 14 heavy (non-hydrogen) atoms. The molecule has 5 nitrogen and oxygen atoms in total. The molecule has 0 spiro atoms. The standard InChI is InChI=1S/C9H16N2O3/c1-14-6-2-5-10-8(12)9(13)11-7-3-4-7/h7H,2-6H2,1H3,(H,10,12)(H,11,13). The van der Waals surface area contributed by atoms with E-state index in [1.54, 1.807) is 7.11 Å². The summed E-state index contributed by atoms with van der Waals surface area (Å²) in [7, 11) is 1.60. The van der Waals surface area contributed by atoms with Gasteiger partial charge in [0.2, 0.25) is 0 Å². The zero-order valence-electron chi connectivity index (χ0n) is 8.34. The molecule has 0 radical (unpaired) electrons. The zero-order chi connectivity index (χ0) is 10.4. The minimum absolute atomic E-state index is 0.229. The van der Waals surface area contributed by atoms with E-state index in [0.717, 1.165) is 19.3 Å². The molecule has 0 aromatic heterocycles. The van der Waals surface area contributed by atoms with Crippen molar-refractivity contribution >= 4 is 11.8 Å². The maximum atomic E-state index is 11.1. The van der Waals surface area contributed by atoms with Gasteiger partial charge in [-0.05, 0) is 19.3 Å². The number of ether oxygens (including phenoxy) is 1. The van der Waals surface area contributed by atoms with Crippen molar-refractivity contribution in [3.8, 4) is 0 Å². The Hall–Kier alpha value is -1.10. The van der Waals surface area contributed by atoms with Crippen molar-refractivity contribution in [2.45, 2.75) is 25.3 Å². The Balaban J connectivity index is 2.04. The van der Waals surface area contributed by atoms with Gasteiger partial charge in [-0.25, -0.2) is 0 Å². The third kappa shape index (κ3) is 4.23. The molecular weight excluding hydrogens is 184 g/mol. The lowest BCUT2D eigenvalue weighted by Crippen LogP contribution is -2.41. The number of carbonyl (C=O) groups excluding carboxylic acids is 2. The molecule has 0 saturated heterocycles. The van der Waals surface area contributed by atoms with E-state index in [-0.39, 0.29) is 6.04 Å². The van der Waals surface area contributed by atoms with E-state index >= 15 is 0 Å².